The summed E-state index contributed by atoms with van der Waals surface area (Å²) < 4.78 is 2.64. The van der Waals surface area contributed by atoms with Crippen LogP contribution < -0.4 is 10.2 Å². The number of anilines is 1. The highest BCUT2D eigenvalue weighted by atomic mass is 16.3. The molecule has 1 saturated heterocycles. The number of benzene rings is 2. The predicted octanol–water partition coefficient (Wildman–Crippen LogP) is 4.27. The molecule has 2 fully saturated rings. The van der Waals surface area contributed by atoms with Gasteiger partial charge in [0.2, 0.25) is 0 Å². The first-order valence-corrected chi connectivity index (χ1v) is 12.2. The van der Waals surface area contributed by atoms with Crippen LogP contribution in [0.15, 0.2) is 42.5 Å². The summed E-state index contributed by atoms with van der Waals surface area (Å²) in [7, 11) is 2.24. The van der Waals surface area contributed by atoms with E-state index in [1.54, 1.807) is 0 Å². The van der Waals surface area contributed by atoms with Gasteiger partial charge in [-0.05, 0) is 75.2 Å². The second-order valence-corrected chi connectivity index (χ2v) is 9.90. The Balaban J connectivity index is 0.000000724. The molecule has 2 N–H and O–H groups in total. The average molecular weight is 447 g/mol. The minimum atomic E-state index is -0.250. The number of aryl methyl sites for hydroxylation is 1. The largest absolute Gasteiger partial charge is 0.483 e. The Morgan fingerprint density at radius 1 is 1.12 bits per heavy atom. The predicted molar refractivity (Wildman–Crippen MR) is 132 cm³/mol. The molecular formula is C27H34N4O2. The molecule has 0 amide bonds. The van der Waals surface area contributed by atoms with Gasteiger partial charge >= 0.3 is 0 Å². The summed E-state index contributed by atoms with van der Waals surface area (Å²) in [5.41, 5.74) is 6.81. The molecular weight excluding hydrogens is 412 g/mol. The zero-order chi connectivity index (χ0) is 22.9. The van der Waals surface area contributed by atoms with E-state index in [9.17, 15) is 0 Å². The van der Waals surface area contributed by atoms with E-state index in [0.717, 1.165) is 24.7 Å². The van der Waals surface area contributed by atoms with Gasteiger partial charge in [0.05, 0.1) is 11.0 Å². The van der Waals surface area contributed by atoms with Gasteiger partial charge in [-0.1, -0.05) is 30.3 Å². The smallest absolute Gasteiger partial charge is 0.290 e. The molecule has 0 radical (unpaired) electrons. The van der Waals surface area contributed by atoms with Crippen molar-refractivity contribution in [3.05, 3.63) is 59.4 Å². The molecule has 1 saturated carbocycles. The molecule has 6 rings (SSSR count). The molecule has 3 aromatic rings. The molecule has 33 heavy (non-hydrogen) atoms. The van der Waals surface area contributed by atoms with E-state index in [0.29, 0.717) is 12.1 Å². The highest BCUT2D eigenvalue weighted by Crippen LogP contribution is 2.44. The van der Waals surface area contributed by atoms with Crippen LogP contribution in [0.5, 0.6) is 0 Å². The molecule has 1 aliphatic carbocycles. The highest BCUT2D eigenvalue weighted by Gasteiger charge is 2.39. The van der Waals surface area contributed by atoms with Crippen LogP contribution in [0.3, 0.4) is 0 Å². The van der Waals surface area contributed by atoms with Gasteiger partial charge in [0.25, 0.3) is 6.47 Å². The van der Waals surface area contributed by atoms with Crippen molar-refractivity contribution in [1.29, 1.82) is 0 Å². The summed E-state index contributed by atoms with van der Waals surface area (Å²) in [6, 6.07) is 16.8. The van der Waals surface area contributed by atoms with Crippen molar-refractivity contribution < 1.29 is 9.90 Å². The van der Waals surface area contributed by atoms with Crippen molar-refractivity contribution in [2.45, 2.75) is 51.1 Å². The molecule has 1 aromatic heterocycles. The number of nitrogens with one attached hydrogen (secondary N) is 1. The van der Waals surface area contributed by atoms with Gasteiger partial charge in [-0.2, -0.15) is 0 Å². The Hall–Kier alpha value is -2.86. The number of carboxylic acid groups (broad SMARTS) is 1. The maximum atomic E-state index is 8.36. The average Bonchev–Trinajstić information content (AvgIpc) is 3.50. The van der Waals surface area contributed by atoms with E-state index >= 15 is 0 Å². The number of imidazole rings is 1. The first-order valence-electron chi connectivity index (χ1n) is 12.2. The molecule has 3 aliphatic rings. The lowest BCUT2D eigenvalue weighted by Crippen LogP contribution is -2.33. The van der Waals surface area contributed by atoms with Crippen LogP contribution in [0.2, 0.25) is 0 Å². The van der Waals surface area contributed by atoms with Gasteiger partial charge in [0.15, 0.2) is 0 Å². The number of hydrogen-bond acceptors (Lipinski definition) is 4. The first kappa shape index (κ1) is 22.0. The van der Waals surface area contributed by atoms with Crippen molar-refractivity contribution in [3.63, 3.8) is 0 Å². The summed E-state index contributed by atoms with van der Waals surface area (Å²) in [5.74, 6) is 2.92. The number of nitrogens with zero attached hydrogens (tertiary/aromatic N) is 3. The number of hydrogen-bond donors (Lipinski definition) is 2. The van der Waals surface area contributed by atoms with E-state index in [1.165, 1.54) is 66.0 Å². The third-order valence-electron chi connectivity index (χ3n) is 8.07. The molecule has 3 atom stereocenters. The van der Waals surface area contributed by atoms with Gasteiger partial charge in [0.1, 0.15) is 5.82 Å². The summed E-state index contributed by atoms with van der Waals surface area (Å²) in [5, 5.41) is 10.5. The molecule has 6 nitrogen and oxygen atoms in total. The van der Waals surface area contributed by atoms with E-state index in [2.05, 4.69) is 71.2 Å². The van der Waals surface area contributed by atoms with Crippen LogP contribution in [-0.2, 0) is 17.6 Å². The second-order valence-electron chi connectivity index (χ2n) is 9.90. The van der Waals surface area contributed by atoms with Gasteiger partial charge < -0.3 is 19.9 Å². The maximum absolute atomic E-state index is 8.36. The van der Waals surface area contributed by atoms with Crippen molar-refractivity contribution in [3.8, 4) is 0 Å². The van der Waals surface area contributed by atoms with E-state index in [1.807, 2.05) is 0 Å². The minimum Gasteiger partial charge on any atom is -0.483 e. The van der Waals surface area contributed by atoms with Crippen LogP contribution in [-0.4, -0.2) is 47.3 Å². The summed E-state index contributed by atoms with van der Waals surface area (Å²) in [6.45, 7) is 4.47. The fraction of sp³-hybridized carbons (Fsp3) is 0.481. The number of rotatable bonds is 3. The number of aromatic nitrogens is 2. The van der Waals surface area contributed by atoms with Crippen molar-refractivity contribution in [2.24, 2.45) is 11.8 Å². The zero-order valence-corrected chi connectivity index (χ0v) is 19.6. The number of fused-ring (bicyclic) bond motifs is 4. The third kappa shape index (κ3) is 4.01. The molecule has 2 aliphatic heterocycles. The minimum absolute atomic E-state index is 0.250. The van der Waals surface area contributed by atoms with E-state index < -0.39 is 0 Å². The first-order chi connectivity index (χ1) is 16.1. The third-order valence-corrected chi connectivity index (χ3v) is 8.07. The van der Waals surface area contributed by atoms with E-state index in [-0.39, 0.29) is 6.47 Å². The van der Waals surface area contributed by atoms with Gasteiger partial charge in [-0.25, -0.2) is 4.98 Å². The molecule has 3 heterocycles. The Morgan fingerprint density at radius 3 is 2.52 bits per heavy atom. The lowest BCUT2D eigenvalue weighted by atomic mass is 9.96. The second kappa shape index (κ2) is 9.18. The molecule has 174 valence electrons. The molecule has 6 heteroatoms. The lowest BCUT2D eigenvalue weighted by molar-refractivity contribution is -0.122. The Bertz CT molecular complexity index is 1110. The summed E-state index contributed by atoms with van der Waals surface area (Å²) in [4.78, 5) is 16.1. The van der Waals surface area contributed by atoms with Gasteiger partial charge in [0, 0.05) is 36.8 Å². The highest BCUT2D eigenvalue weighted by molar-refractivity contribution is 5.86. The Morgan fingerprint density at radius 2 is 1.82 bits per heavy atom. The van der Waals surface area contributed by atoms with Crippen LogP contribution in [0.4, 0.5) is 5.69 Å². The summed E-state index contributed by atoms with van der Waals surface area (Å²) >= 11 is 0. The van der Waals surface area contributed by atoms with Crippen LogP contribution in [0.25, 0.3) is 11.0 Å². The molecule has 2 aromatic carbocycles. The monoisotopic (exact) mass is 446 g/mol. The Labute approximate surface area is 195 Å². The van der Waals surface area contributed by atoms with Crippen LogP contribution in [0.1, 0.15) is 49.2 Å². The zero-order valence-electron chi connectivity index (χ0n) is 19.6. The van der Waals surface area contributed by atoms with Gasteiger partial charge in [-0.15, -0.1) is 0 Å². The maximum Gasteiger partial charge on any atom is 0.290 e. The van der Waals surface area contributed by atoms with Gasteiger partial charge in [-0.3, -0.25) is 4.79 Å². The molecule has 3 unspecified atom stereocenters. The van der Waals surface area contributed by atoms with Crippen LogP contribution in [0, 0.1) is 11.8 Å². The quantitative estimate of drug-likeness (QED) is 0.588. The van der Waals surface area contributed by atoms with Crippen LogP contribution >= 0.6 is 0 Å². The lowest BCUT2D eigenvalue weighted by Gasteiger charge is -2.34. The normalized spacial score (nSPS) is 25.9. The molecule has 0 spiro atoms. The van der Waals surface area contributed by atoms with E-state index in [4.69, 9.17) is 14.9 Å². The van der Waals surface area contributed by atoms with Crippen molar-refractivity contribution in [1.82, 2.24) is 14.9 Å². The fourth-order valence-electron chi connectivity index (χ4n) is 6.27. The SMILES string of the molecule is CC1CCc2c(ccc3c2nc(Cc2ccccc2)n3C2CC3CNCC3C2)N1C.O=CO. The summed E-state index contributed by atoms with van der Waals surface area (Å²) in [6.07, 6.45) is 5.85. The van der Waals surface area contributed by atoms with Crippen molar-refractivity contribution >= 4 is 23.2 Å². The standard InChI is InChI=1S/C26H32N4.CH2O2/c1-17-8-9-22-23(29(17)2)10-11-24-26(22)28-25(12-18-6-4-3-5-7-18)30(24)21-13-19-15-27-16-20(19)14-21;2-1-3/h3-7,10-11,17,19-21,27H,8-9,12-16H2,1-2H3;1H,(H,2,3). The van der Waals surface area contributed by atoms with Crippen molar-refractivity contribution in [2.75, 3.05) is 25.0 Å². The molecule has 0 bridgehead atoms. The topological polar surface area (TPSA) is 70.4 Å². The fourth-order valence-corrected chi connectivity index (χ4v) is 6.27. The Kier molecular flexibility index (Phi) is 6.11. The number of carbonyl (C=O) groups is 1.